The molecule has 0 aromatic carbocycles. The summed E-state index contributed by atoms with van der Waals surface area (Å²) in [4.78, 5) is 11.8. The number of hydrogen-bond acceptors (Lipinski definition) is 5. The maximum absolute atomic E-state index is 5.80. The Labute approximate surface area is 123 Å². The fourth-order valence-corrected chi connectivity index (χ4v) is 3.79. The van der Waals surface area contributed by atoms with E-state index in [0.29, 0.717) is 0 Å². The van der Waals surface area contributed by atoms with Crippen molar-refractivity contribution in [2.24, 2.45) is 0 Å². The zero-order chi connectivity index (χ0) is 14.1. The highest BCUT2D eigenvalue weighted by molar-refractivity contribution is 7.18. The van der Waals surface area contributed by atoms with E-state index in [1.165, 1.54) is 28.7 Å². The topological polar surface area (TPSA) is 47.0 Å². The van der Waals surface area contributed by atoms with E-state index in [2.05, 4.69) is 19.2 Å². The lowest BCUT2D eigenvalue weighted by atomic mass is 10.1. The maximum Gasteiger partial charge on any atom is 0.138 e. The Balaban J connectivity index is 1.95. The van der Waals surface area contributed by atoms with Crippen molar-refractivity contribution in [2.75, 3.05) is 19.0 Å². The molecule has 0 aliphatic carbocycles. The van der Waals surface area contributed by atoms with E-state index in [1.54, 1.807) is 11.3 Å². The van der Waals surface area contributed by atoms with Gasteiger partial charge in [-0.3, -0.25) is 0 Å². The fraction of sp³-hybridized carbons (Fsp3) is 0.600. The summed E-state index contributed by atoms with van der Waals surface area (Å²) in [6.07, 6.45) is 4.66. The SMILES string of the molecule is CNc1nc(CC2CCCCO2)nc2sc(C)c(C)c12. The number of thiophene rings is 1. The van der Waals surface area contributed by atoms with Crippen LogP contribution in [0.4, 0.5) is 5.82 Å². The molecule has 0 radical (unpaired) electrons. The average Bonchev–Trinajstić information content (AvgIpc) is 2.74. The molecule has 4 nitrogen and oxygen atoms in total. The first-order chi connectivity index (χ1) is 9.69. The van der Waals surface area contributed by atoms with Crippen LogP contribution < -0.4 is 5.32 Å². The van der Waals surface area contributed by atoms with Gasteiger partial charge in [0.25, 0.3) is 0 Å². The number of ether oxygens (including phenoxy) is 1. The summed E-state index contributed by atoms with van der Waals surface area (Å²) in [5, 5.41) is 4.39. The average molecular weight is 291 g/mol. The lowest BCUT2D eigenvalue weighted by Gasteiger charge is -2.21. The van der Waals surface area contributed by atoms with E-state index in [1.807, 2.05) is 7.05 Å². The lowest BCUT2D eigenvalue weighted by molar-refractivity contribution is 0.0157. The van der Waals surface area contributed by atoms with Gasteiger partial charge in [0.1, 0.15) is 16.5 Å². The Kier molecular flexibility index (Phi) is 3.89. The van der Waals surface area contributed by atoms with Crippen LogP contribution in [0.25, 0.3) is 10.2 Å². The third-order valence-corrected chi connectivity index (χ3v) is 5.10. The van der Waals surface area contributed by atoms with Crippen LogP contribution in [0.1, 0.15) is 35.5 Å². The van der Waals surface area contributed by atoms with Crippen LogP contribution in [-0.2, 0) is 11.2 Å². The van der Waals surface area contributed by atoms with E-state index < -0.39 is 0 Å². The number of rotatable bonds is 3. The molecule has 0 spiro atoms. The fourth-order valence-electron chi connectivity index (χ4n) is 2.74. The number of hydrogen-bond donors (Lipinski definition) is 1. The summed E-state index contributed by atoms with van der Waals surface area (Å²) >= 11 is 1.75. The minimum atomic E-state index is 0.285. The van der Waals surface area contributed by atoms with Crippen molar-refractivity contribution in [3.8, 4) is 0 Å². The second-order valence-electron chi connectivity index (χ2n) is 5.39. The van der Waals surface area contributed by atoms with E-state index in [0.717, 1.165) is 35.9 Å². The minimum Gasteiger partial charge on any atom is -0.378 e. The lowest BCUT2D eigenvalue weighted by Crippen LogP contribution is -2.22. The van der Waals surface area contributed by atoms with Gasteiger partial charge in [0, 0.05) is 25.0 Å². The van der Waals surface area contributed by atoms with Crippen molar-refractivity contribution in [1.29, 1.82) is 0 Å². The van der Waals surface area contributed by atoms with Crippen LogP contribution in [0, 0.1) is 13.8 Å². The van der Waals surface area contributed by atoms with E-state index in [9.17, 15) is 0 Å². The van der Waals surface area contributed by atoms with Gasteiger partial charge in [0.2, 0.25) is 0 Å². The smallest absolute Gasteiger partial charge is 0.138 e. The van der Waals surface area contributed by atoms with Crippen LogP contribution in [0.5, 0.6) is 0 Å². The van der Waals surface area contributed by atoms with Crippen LogP contribution in [0.2, 0.25) is 0 Å². The normalized spacial score (nSPS) is 19.4. The molecule has 0 bridgehead atoms. The maximum atomic E-state index is 5.80. The molecule has 0 saturated carbocycles. The summed E-state index contributed by atoms with van der Waals surface area (Å²) in [5.41, 5.74) is 1.29. The standard InChI is InChI=1S/C15H21N3OS/c1-9-10(2)20-15-13(9)14(16-3)17-12(18-15)8-11-6-4-5-7-19-11/h11H,4-8H2,1-3H3,(H,16,17,18). The Morgan fingerprint density at radius 1 is 1.30 bits per heavy atom. The molecule has 1 atom stereocenters. The third-order valence-electron chi connectivity index (χ3n) is 4.00. The Hall–Kier alpha value is -1.20. The number of nitrogens with one attached hydrogen (secondary N) is 1. The molecule has 1 fully saturated rings. The van der Waals surface area contributed by atoms with Gasteiger partial charge in [-0.1, -0.05) is 0 Å². The largest absolute Gasteiger partial charge is 0.378 e. The van der Waals surface area contributed by atoms with Crippen molar-refractivity contribution < 1.29 is 4.74 Å². The van der Waals surface area contributed by atoms with E-state index in [-0.39, 0.29) is 6.10 Å². The van der Waals surface area contributed by atoms with Gasteiger partial charge in [-0.2, -0.15) is 0 Å². The Morgan fingerprint density at radius 3 is 2.85 bits per heavy atom. The zero-order valence-electron chi connectivity index (χ0n) is 12.3. The van der Waals surface area contributed by atoms with Gasteiger partial charge < -0.3 is 10.1 Å². The minimum absolute atomic E-state index is 0.285. The van der Waals surface area contributed by atoms with E-state index in [4.69, 9.17) is 14.7 Å². The first-order valence-corrected chi connectivity index (χ1v) is 8.06. The molecule has 1 unspecified atom stereocenters. The number of aryl methyl sites for hydroxylation is 2. The summed E-state index contributed by atoms with van der Waals surface area (Å²) in [5.74, 6) is 1.85. The van der Waals surface area contributed by atoms with Crippen molar-refractivity contribution in [1.82, 2.24) is 9.97 Å². The molecule has 1 N–H and O–H groups in total. The van der Waals surface area contributed by atoms with Crippen LogP contribution in [-0.4, -0.2) is 29.7 Å². The third kappa shape index (κ3) is 2.52. The molecule has 2 aromatic heterocycles. The molecular formula is C15H21N3OS. The molecule has 0 amide bonds. The highest BCUT2D eigenvalue weighted by Gasteiger charge is 2.19. The zero-order valence-corrected chi connectivity index (χ0v) is 13.1. The molecule has 2 aromatic rings. The van der Waals surface area contributed by atoms with Crippen molar-refractivity contribution in [2.45, 2.75) is 45.6 Å². The number of anilines is 1. The van der Waals surface area contributed by atoms with Crippen LogP contribution in [0.3, 0.4) is 0 Å². The molecule has 1 aliphatic rings. The summed E-state index contributed by atoms with van der Waals surface area (Å²) in [7, 11) is 1.93. The van der Waals surface area contributed by atoms with Crippen molar-refractivity contribution in [3.63, 3.8) is 0 Å². The molecule has 5 heteroatoms. The van der Waals surface area contributed by atoms with E-state index >= 15 is 0 Å². The first-order valence-electron chi connectivity index (χ1n) is 7.25. The molecular weight excluding hydrogens is 270 g/mol. The molecule has 1 saturated heterocycles. The predicted octanol–water partition coefficient (Wildman–Crippen LogP) is 3.46. The molecule has 3 rings (SSSR count). The predicted molar refractivity (Wildman–Crippen MR) is 83.7 cm³/mol. The highest BCUT2D eigenvalue weighted by atomic mass is 32.1. The van der Waals surface area contributed by atoms with Gasteiger partial charge in [-0.15, -0.1) is 11.3 Å². The molecule has 1 aliphatic heterocycles. The highest BCUT2D eigenvalue weighted by Crippen LogP contribution is 2.33. The quantitative estimate of drug-likeness (QED) is 0.940. The Morgan fingerprint density at radius 2 is 2.15 bits per heavy atom. The monoisotopic (exact) mass is 291 g/mol. The van der Waals surface area contributed by atoms with Crippen LogP contribution >= 0.6 is 11.3 Å². The summed E-state index contributed by atoms with van der Waals surface area (Å²) < 4.78 is 5.80. The number of nitrogens with zero attached hydrogens (tertiary/aromatic N) is 2. The van der Waals surface area contributed by atoms with Crippen molar-refractivity contribution in [3.05, 3.63) is 16.3 Å². The summed E-state index contributed by atoms with van der Waals surface area (Å²) in [6, 6.07) is 0. The number of fused-ring (bicyclic) bond motifs is 1. The summed E-state index contributed by atoms with van der Waals surface area (Å²) in [6.45, 7) is 5.16. The van der Waals surface area contributed by atoms with Gasteiger partial charge in [-0.05, 0) is 38.7 Å². The molecule has 3 heterocycles. The second kappa shape index (κ2) is 5.66. The van der Waals surface area contributed by atoms with Crippen LogP contribution in [0.15, 0.2) is 0 Å². The van der Waals surface area contributed by atoms with Gasteiger partial charge in [0.15, 0.2) is 0 Å². The Bertz CT molecular complexity index is 617. The number of aromatic nitrogens is 2. The van der Waals surface area contributed by atoms with Gasteiger partial charge in [0.05, 0.1) is 11.5 Å². The second-order valence-corrected chi connectivity index (χ2v) is 6.60. The first kappa shape index (κ1) is 13.8. The van der Waals surface area contributed by atoms with Gasteiger partial charge in [-0.25, -0.2) is 9.97 Å². The van der Waals surface area contributed by atoms with Crippen molar-refractivity contribution >= 4 is 27.4 Å². The van der Waals surface area contributed by atoms with Gasteiger partial charge >= 0.3 is 0 Å². The molecule has 20 heavy (non-hydrogen) atoms. The molecule has 108 valence electrons.